The first-order valence-electron chi connectivity index (χ1n) is 7.36. The van der Waals surface area contributed by atoms with Gasteiger partial charge < -0.3 is 36.0 Å². The topological polar surface area (TPSA) is 153 Å². The molecule has 0 spiro atoms. The number of carboxylic acids is 1. The molecule has 1 saturated heterocycles. The van der Waals surface area contributed by atoms with Gasteiger partial charge in [-0.3, -0.25) is 0 Å². The fourth-order valence-corrected chi connectivity index (χ4v) is 3.70. The summed E-state index contributed by atoms with van der Waals surface area (Å²) in [6.45, 7) is -0.754. The van der Waals surface area contributed by atoms with Crippen LogP contribution >= 0.6 is 11.8 Å². The highest BCUT2D eigenvalue weighted by Gasteiger charge is 2.54. The lowest BCUT2D eigenvalue weighted by Crippen LogP contribution is -2.64. The van der Waals surface area contributed by atoms with Gasteiger partial charge in [-0.15, -0.1) is 0 Å². The molecule has 8 nitrogen and oxygen atoms in total. The first-order chi connectivity index (χ1) is 11.3. The van der Waals surface area contributed by atoms with Crippen LogP contribution in [0.25, 0.3) is 0 Å². The summed E-state index contributed by atoms with van der Waals surface area (Å²) in [6, 6.07) is 7.50. The molecule has 0 amide bonds. The van der Waals surface area contributed by atoms with Crippen LogP contribution in [0.3, 0.4) is 0 Å². The van der Waals surface area contributed by atoms with E-state index in [1.165, 1.54) is 0 Å². The molecular formula is C15H21NO7S. The van der Waals surface area contributed by atoms with Gasteiger partial charge in [0.05, 0.1) is 18.8 Å². The van der Waals surface area contributed by atoms with Crippen molar-refractivity contribution in [2.24, 2.45) is 5.73 Å². The first kappa shape index (κ1) is 19.1. The molecule has 6 atom stereocenters. The Morgan fingerprint density at radius 2 is 2.00 bits per heavy atom. The molecule has 1 aromatic carbocycles. The lowest BCUT2D eigenvalue weighted by Gasteiger charge is -2.45. The summed E-state index contributed by atoms with van der Waals surface area (Å²) in [5, 5.41) is 48.5. The van der Waals surface area contributed by atoms with Gasteiger partial charge in [0.1, 0.15) is 18.3 Å². The molecule has 134 valence electrons. The lowest BCUT2D eigenvalue weighted by atomic mass is 9.90. The number of thioether (sulfide) groups is 1. The Bertz CT molecular complexity index is 560. The van der Waals surface area contributed by atoms with E-state index in [1.54, 1.807) is 30.3 Å². The second kappa shape index (κ2) is 7.79. The summed E-state index contributed by atoms with van der Waals surface area (Å²) >= 11 is 0.874. The Morgan fingerprint density at radius 3 is 2.54 bits per heavy atom. The maximum atomic E-state index is 11.8. The van der Waals surface area contributed by atoms with Crippen LogP contribution in [-0.4, -0.2) is 73.5 Å². The van der Waals surface area contributed by atoms with Gasteiger partial charge in [0.25, 0.3) is 0 Å². The molecule has 0 aromatic heterocycles. The fourth-order valence-electron chi connectivity index (χ4n) is 2.53. The average molecular weight is 359 g/mol. The quantitative estimate of drug-likeness (QED) is 0.366. The zero-order chi connectivity index (χ0) is 17.9. The Hall–Kier alpha value is -1.20. The van der Waals surface area contributed by atoms with Crippen molar-refractivity contribution in [2.75, 3.05) is 6.61 Å². The third-order valence-electron chi connectivity index (χ3n) is 3.90. The molecule has 0 saturated carbocycles. The molecule has 1 aliphatic heterocycles. The van der Waals surface area contributed by atoms with Gasteiger partial charge >= 0.3 is 5.97 Å². The van der Waals surface area contributed by atoms with Crippen molar-refractivity contribution >= 4 is 17.7 Å². The minimum absolute atomic E-state index is 0.290. The van der Waals surface area contributed by atoms with Gasteiger partial charge in [0, 0.05) is 11.3 Å². The second-order valence-corrected chi connectivity index (χ2v) is 6.98. The highest BCUT2D eigenvalue weighted by Crippen LogP contribution is 2.43. The first-order valence-corrected chi connectivity index (χ1v) is 8.18. The minimum Gasteiger partial charge on any atom is -0.478 e. The Balaban J connectivity index is 2.32. The number of aliphatic hydroxyl groups is 4. The van der Waals surface area contributed by atoms with Gasteiger partial charge in [-0.05, 0) is 12.1 Å². The number of benzene rings is 1. The van der Waals surface area contributed by atoms with Crippen molar-refractivity contribution in [1.29, 1.82) is 0 Å². The number of ether oxygens (including phenoxy) is 1. The number of carbonyl (C=O) groups is 1. The third-order valence-corrected chi connectivity index (χ3v) is 5.17. The fraction of sp³-hybridized carbons (Fsp3) is 0.533. The third kappa shape index (κ3) is 3.89. The largest absolute Gasteiger partial charge is 0.478 e. The number of hydrogen-bond donors (Lipinski definition) is 6. The molecular weight excluding hydrogens is 338 g/mol. The number of aliphatic carboxylic acids is 1. The number of rotatable bonds is 6. The maximum absolute atomic E-state index is 11.8. The molecule has 3 unspecified atom stereocenters. The Morgan fingerprint density at radius 1 is 1.38 bits per heavy atom. The molecule has 0 aliphatic carbocycles. The van der Waals surface area contributed by atoms with Crippen molar-refractivity contribution < 1.29 is 35.1 Å². The number of nitrogens with two attached hydrogens (primary N) is 1. The predicted octanol–water partition coefficient (Wildman–Crippen LogP) is -1.25. The number of hydrogen-bond acceptors (Lipinski definition) is 8. The van der Waals surface area contributed by atoms with E-state index in [9.17, 15) is 25.2 Å². The molecule has 2 rings (SSSR count). The van der Waals surface area contributed by atoms with Crippen molar-refractivity contribution in [3.05, 3.63) is 30.3 Å². The molecule has 1 aromatic rings. The van der Waals surface area contributed by atoms with E-state index >= 15 is 0 Å². The highest BCUT2D eigenvalue weighted by molar-refractivity contribution is 8.01. The van der Waals surface area contributed by atoms with Crippen LogP contribution in [0.4, 0.5) is 0 Å². The van der Waals surface area contributed by atoms with E-state index in [1.807, 2.05) is 0 Å². The normalized spacial score (nSPS) is 33.0. The van der Waals surface area contributed by atoms with Crippen LogP contribution < -0.4 is 5.73 Å². The van der Waals surface area contributed by atoms with Gasteiger partial charge in [-0.1, -0.05) is 30.0 Å². The standard InChI is InChI=1S/C15H21NO7S/c16-11-9(18)6-15(14(21)22,24-8-4-2-1-3-5-8)23-13(11)12(20)10(19)7-17/h1-5,9-13,17-20H,6-7,16H2,(H,21,22)/t9?,10-,11-,12-,13?,15?/m1/s1. The van der Waals surface area contributed by atoms with Crippen molar-refractivity contribution in [3.63, 3.8) is 0 Å². The van der Waals surface area contributed by atoms with Crippen LogP contribution in [0.15, 0.2) is 35.2 Å². The zero-order valence-electron chi connectivity index (χ0n) is 12.7. The SMILES string of the molecule is N[C@@H]1C(O)CC(Sc2ccccc2)(C(=O)O)OC1[C@H](O)[C@H](O)CO. The number of carboxylic acid groups (broad SMARTS) is 1. The molecule has 1 heterocycles. The summed E-state index contributed by atoms with van der Waals surface area (Å²) < 4.78 is 5.56. The summed E-state index contributed by atoms with van der Waals surface area (Å²) in [4.78, 5) is 10.6. The van der Waals surface area contributed by atoms with E-state index in [0.717, 1.165) is 11.8 Å². The molecule has 9 heteroatoms. The van der Waals surface area contributed by atoms with Crippen LogP contribution in [0.5, 0.6) is 0 Å². The average Bonchev–Trinajstić information content (AvgIpc) is 2.57. The van der Waals surface area contributed by atoms with Crippen LogP contribution in [0.1, 0.15) is 6.42 Å². The minimum atomic E-state index is -1.88. The molecule has 0 bridgehead atoms. The summed E-state index contributed by atoms with van der Waals surface area (Å²) in [5.74, 6) is -1.34. The predicted molar refractivity (Wildman–Crippen MR) is 85.2 cm³/mol. The molecule has 24 heavy (non-hydrogen) atoms. The maximum Gasteiger partial charge on any atom is 0.347 e. The van der Waals surface area contributed by atoms with Crippen molar-refractivity contribution in [2.45, 2.75) is 46.7 Å². The van der Waals surface area contributed by atoms with E-state index in [2.05, 4.69) is 0 Å². The van der Waals surface area contributed by atoms with E-state index < -0.39 is 48.0 Å². The number of aliphatic hydroxyl groups excluding tert-OH is 4. The molecule has 7 N–H and O–H groups in total. The van der Waals surface area contributed by atoms with Gasteiger partial charge in [-0.2, -0.15) is 0 Å². The Kier molecular flexibility index (Phi) is 6.21. The summed E-state index contributed by atoms with van der Waals surface area (Å²) in [7, 11) is 0. The van der Waals surface area contributed by atoms with Crippen LogP contribution in [0, 0.1) is 0 Å². The van der Waals surface area contributed by atoms with Gasteiger partial charge in [-0.25, -0.2) is 4.79 Å². The Labute approximate surface area is 142 Å². The molecule has 0 radical (unpaired) electrons. The smallest absolute Gasteiger partial charge is 0.347 e. The van der Waals surface area contributed by atoms with Crippen LogP contribution in [-0.2, 0) is 9.53 Å². The monoisotopic (exact) mass is 359 g/mol. The van der Waals surface area contributed by atoms with Gasteiger partial charge in [0.15, 0.2) is 0 Å². The highest BCUT2D eigenvalue weighted by atomic mass is 32.2. The zero-order valence-corrected chi connectivity index (χ0v) is 13.5. The van der Waals surface area contributed by atoms with E-state index in [0.29, 0.717) is 4.90 Å². The van der Waals surface area contributed by atoms with E-state index in [-0.39, 0.29) is 6.42 Å². The van der Waals surface area contributed by atoms with Crippen molar-refractivity contribution in [1.82, 2.24) is 0 Å². The summed E-state index contributed by atoms with van der Waals surface area (Å²) in [5.41, 5.74) is 5.80. The van der Waals surface area contributed by atoms with E-state index in [4.69, 9.17) is 15.6 Å². The van der Waals surface area contributed by atoms with Crippen LogP contribution in [0.2, 0.25) is 0 Å². The second-order valence-electron chi connectivity index (χ2n) is 5.64. The lowest BCUT2D eigenvalue weighted by molar-refractivity contribution is -0.201. The molecule has 1 aliphatic rings. The summed E-state index contributed by atoms with van der Waals surface area (Å²) in [6.07, 6.45) is -6.13. The van der Waals surface area contributed by atoms with Gasteiger partial charge in [0.2, 0.25) is 4.93 Å². The molecule has 1 fully saturated rings. The van der Waals surface area contributed by atoms with Crippen molar-refractivity contribution in [3.8, 4) is 0 Å².